The van der Waals surface area contributed by atoms with Crippen LogP contribution >= 0.6 is 23.1 Å². The second kappa shape index (κ2) is 7.76. The fraction of sp³-hybridized carbons (Fsp3) is 0.261. The first-order chi connectivity index (χ1) is 14.2. The monoisotopic (exact) mass is 418 g/mol. The molecule has 0 bridgehead atoms. The molecule has 2 aromatic heterocycles. The predicted octanol–water partition coefficient (Wildman–Crippen LogP) is 6.10. The number of hydrogen-bond donors (Lipinski definition) is 0. The van der Waals surface area contributed by atoms with Crippen LogP contribution in [0.1, 0.15) is 48.4 Å². The number of aromatic nitrogens is 4. The Kier molecular flexibility index (Phi) is 4.97. The van der Waals surface area contributed by atoms with E-state index < -0.39 is 0 Å². The van der Waals surface area contributed by atoms with Gasteiger partial charge in [0.1, 0.15) is 16.7 Å². The summed E-state index contributed by atoms with van der Waals surface area (Å²) in [6.45, 7) is 4.50. The molecule has 0 aliphatic carbocycles. The third-order valence-electron chi connectivity index (χ3n) is 5.51. The molecular weight excluding hydrogens is 396 g/mol. The molecule has 0 radical (unpaired) electrons. The van der Waals surface area contributed by atoms with Crippen LogP contribution < -0.4 is 0 Å². The molecule has 0 saturated carbocycles. The Labute approximate surface area is 179 Å². The van der Waals surface area contributed by atoms with Gasteiger partial charge in [-0.25, -0.2) is 4.98 Å². The molecule has 0 saturated heterocycles. The van der Waals surface area contributed by atoms with E-state index in [1.54, 1.807) is 11.3 Å². The lowest BCUT2D eigenvalue weighted by Crippen LogP contribution is -2.10. The number of nitrogens with zero attached hydrogens (tertiary/aromatic N) is 4. The fourth-order valence-corrected chi connectivity index (χ4v) is 5.38. The topological polar surface area (TPSA) is 43.6 Å². The van der Waals surface area contributed by atoms with Gasteiger partial charge < -0.3 is 0 Å². The number of fused-ring (bicyclic) bond motifs is 3. The Bertz CT molecular complexity index is 1140. The van der Waals surface area contributed by atoms with Gasteiger partial charge in [0.15, 0.2) is 0 Å². The van der Waals surface area contributed by atoms with Crippen molar-refractivity contribution in [1.29, 1.82) is 0 Å². The van der Waals surface area contributed by atoms with Gasteiger partial charge in [-0.15, -0.1) is 33.3 Å². The van der Waals surface area contributed by atoms with Crippen molar-refractivity contribution in [3.8, 4) is 16.9 Å². The van der Waals surface area contributed by atoms with Gasteiger partial charge in [0.05, 0.1) is 23.6 Å². The van der Waals surface area contributed by atoms with Gasteiger partial charge in [-0.2, -0.15) is 0 Å². The summed E-state index contributed by atoms with van der Waals surface area (Å²) in [5.41, 5.74) is 4.77. The van der Waals surface area contributed by atoms with E-state index in [9.17, 15) is 0 Å². The van der Waals surface area contributed by atoms with Crippen LogP contribution in [0.4, 0.5) is 0 Å². The summed E-state index contributed by atoms with van der Waals surface area (Å²) in [5.74, 6) is 3.42. The summed E-state index contributed by atoms with van der Waals surface area (Å²) in [6, 6.07) is 17.3. The number of para-hydroxylation sites is 1. The van der Waals surface area contributed by atoms with Gasteiger partial charge in [0.25, 0.3) is 0 Å². The summed E-state index contributed by atoms with van der Waals surface area (Å²) in [7, 11) is 0. The van der Waals surface area contributed by atoms with E-state index in [-0.39, 0.29) is 0 Å². The molecule has 1 aliphatic heterocycles. The van der Waals surface area contributed by atoms with Crippen molar-refractivity contribution in [3.05, 3.63) is 76.1 Å². The third kappa shape index (κ3) is 3.51. The Morgan fingerprint density at radius 2 is 1.90 bits per heavy atom. The number of thioether (sulfide) groups is 1. The highest BCUT2D eigenvalue weighted by atomic mass is 32.2. The van der Waals surface area contributed by atoms with Crippen LogP contribution in [0.25, 0.3) is 16.9 Å². The van der Waals surface area contributed by atoms with Crippen molar-refractivity contribution in [1.82, 2.24) is 19.7 Å². The molecule has 146 valence electrons. The Balaban J connectivity index is 1.40. The molecule has 0 spiro atoms. The van der Waals surface area contributed by atoms with Gasteiger partial charge in [0, 0.05) is 15.8 Å². The molecule has 4 aromatic rings. The molecule has 0 N–H and O–H groups in total. The van der Waals surface area contributed by atoms with Crippen LogP contribution in [0.5, 0.6) is 0 Å². The lowest BCUT2D eigenvalue weighted by atomic mass is 9.97. The minimum absolute atomic E-state index is 0.593. The van der Waals surface area contributed by atoms with Gasteiger partial charge in [-0.1, -0.05) is 50.2 Å². The first-order valence-electron chi connectivity index (χ1n) is 9.93. The summed E-state index contributed by atoms with van der Waals surface area (Å²) in [4.78, 5) is 6.17. The van der Waals surface area contributed by atoms with E-state index >= 15 is 0 Å². The highest BCUT2D eigenvalue weighted by Gasteiger charge is 2.22. The second-order valence-corrected chi connectivity index (χ2v) is 9.32. The average molecular weight is 419 g/mol. The molecule has 0 amide bonds. The van der Waals surface area contributed by atoms with Crippen molar-refractivity contribution >= 4 is 23.1 Å². The number of thiazole rings is 1. The molecule has 0 unspecified atom stereocenters. The van der Waals surface area contributed by atoms with E-state index in [1.807, 2.05) is 11.8 Å². The van der Waals surface area contributed by atoms with Gasteiger partial charge in [-0.05, 0) is 30.0 Å². The summed E-state index contributed by atoms with van der Waals surface area (Å²) in [5, 5.41) is 12.1. The molecular formula is C23H22N4S2. The molecule has 5 rings (SSSR count). The third-order valence-corrected chi connectivity index (χ3v) is 7.42. The molecule has 6 heteroatoms. The lowest BCUT2D eigenvalue weighted by Gasteiger charge is -2.18. The zero-order valence-electron chi connectivity index (χ0n) is 16.5. The molecule has 0 fully saturated rings. The number of rotatable bonds is 5. The average Bonchev–Trinajstić information content (AvgIpc) is 3.41. The summed E-state index contributed by atoms with van der Waals surface area (Å²) < 4.78 is 2.20. The van der Waals surface area contributed by atoms with Crippen LogP contribution in [0.3, 0.4) is 0 Å². The minimum Gasteiger partial charge on any atom is -0.281 e. The molecule has 1 atom stereocenters. The van der Waals surface area contributed by atoms with Crippen molar-refractivity contribution in [2.75, 3.05) is 0 Å². The van der Waals surface area contributed by atoms with Crippen LogP contribution in [0.2, 0.25) is 0 Å². The minimum atomic E-state index is 0.593. The predicted molar refractivity (Wildman–Crippen MR) is 120 cm³/mol. The molecule has 4 nitrogen and oxygen atoms in total. The Morgan fingerprint density at radius 1 is 1.07 bits per heavy atom. The molecule has 2 aromatic carbocycles. The van der Waals surface area contributed by atoms with Crippen molar-refractivity contribution in [3.63, 3.8) is 0 Å². The smallest absolute Gasteiger partial charge is 0.148 e. The maximum absolute atomic E-state index is 4.89. The van der Waals surface area contributed by atoms with Crippen LogP contribution in [-0.2, 0) is 12.2 Å². The van der Waals surface area contributed by atoms with Gasteiger partial charge in [-0.3, -0.25) is 4.57 Å². The van der Waals surface area contributed by atoms with Crippen molar-refractivity contribution < 1.29 is 0 Å². The largest absolute Gasteiger partial charge is 0.281 e. The zero-order chi connectivity index (χ0) is 19.8. The summed E-state index contributed by atoms with van der Waals surface area (Å²) >= 11 is 3.51. The molecule has 1 aliphatic rings. The lowest BCUT2D eigenvalue weighted by molar-refractivity contribution is 0.734. The van der Waals surface area contributed by atoms with E-state index in [0.29, 0.717) is 12.3 Å². The van der Waals surface area contributed by atoms with E-state index in [0.717, 1.165) is 34.5 Å². The van der Waals surface area contributed by atoms with Crippen LogP contribution in [0.15, 0.2) is 58.8 Å². The molecule has 29 heavy (non-hydrogen) atoms. The first kappa shape index (κ1) is 18.6. The molecule has 3 heterocycles. The van der Waals surface area contributed by atoms with Crippen molar-refractivity contribution in [2.24, 2.45) is 0 Å². The van der Waals surface area contributed by atoms with Crippen molar-refractivity contribution in [2.45, 2.75) is 43.3 Å². The maximum atomic E-state index is 4.89. The quantitative estimate of drug-likeness (QED) is 0.393. The highest BCUT2D eigenvalue weighted by Crippen LogP contribution is 2.35. The maximum Gasteiger partial charge on any atom is 0.148 e. The second-order valence-electron chi connectivity index (χ2n) is 7.36. The van der Waals surface area contributed by atoms with E-state index in [1.165, 1.54) is 21.7 Å². The van der Waals surface area contributed by atoms with Crippen LogP contribution in [0, 0.1) is 0 Å². The standard InChI is InChI=1S/C23H22N4S2/c1-3-15(2)16-8-10-17(11-9-16)18-13-29-23(24-18)12-21-25-26-22-14-28-20-7-5-4-6-19(20)27(21)22/h4-11,13,15H,3,12,14H2,1-2H3/t15-/m1/s1. The van der Waals surface area contributed by atoms with Gasteiger partial charge >= 0.3 is 0 Å². The number of benzene rings is 2. The highest BCUT2D eigenvalue weighted by molar-refractivity contribution is 7.98. The zero-order valence-corrected chi connectivity index (χ0v) is 18.1. The fourth-order valence-electron chi connectivity index (χ4n) is 3.62. The van der Waals surface area contributed by atoms with Gasteiger partial charge in [0.2, 0.25) is 0 Å². The van der Waals surface area contributed by atoms with E-state index in [2.05, 4.69) is 82.5 Å². The SMILES string of the molecule is CC[C@@H](C)c1ccc(-c2csc(Cc3nnc4n3-c3ccccc3SC4)n2)cc1. The Hall–Kier alpha value is -2.44. The van der Waals surface area contributed by atoms with Crippen LogP contribution in [-0.4, -0.2) is 19.7 Å². The first-order valence-corrected chi connectivity index (χ1v) is 11.8. The Morgan fingerprint density at radius 3 is 2.72 bits per heavy atom. The normalized spacial score (nSPS) is 13.7. The summed E-state index contributed by atoms with van der Waals surface area (Å²) in [6.07, 6.45) is 1.85. The van der Waals surface area contributed by atoms with E-state index in [4.69, 9.17) is 4.98 Å². The number of hydrogen-bond acceptors (Lipinski definition) is 5.